The number of thioether (sulfide) groups is 1. The molecule has 2 aromatic rings. The molecule has 0 radical (unpaired) electrons. The van der Waals surface area contributed by atoms with Crippen LogP contribution in [0.15, 0.2) is 34.2 Å². The molecule has 8 heteroatoms. The van der Waals surface area contributed by atoms with Crippen LogP contribution in [0.3, 0.4) is 0 Å². The van der Waals surface area contributed by atoms with Crippen molar-refractivity contribution in [1.82, 2.24) is 9.97 Å². The number of nitrogens with one attached hydrogen (secondary N) is 1. The fraction of sp³-hybridized carbons (Fsp3) is 0.294. The number of ether oxygens (including phenoxy) is 2. The molecule has 1 heterocycles. The number of methoxy groups -OCH3 is 1. The lowest BCUT2D eigenvalue weighted by atomic mass is 10.1. The van der Waals surface area contributed by atoms with E-state index in [0.29, 0.717) is 11.3 Å². The molecular formula is C17H17N3O4S. The second kappa shape index (κ2) is 8.35. The summed E-state index contributed by atoms with van der Waals surface area (Å²) in [6.45, 7) is 3.66. The SMILES string of the molecule is CCOC(=O)[C@@H](C)Sc1nc(-c2ccc(OC)cc2)c(C#N)c(=O)[nH]1. The summed E-state index contributed by atoms with van der Waals surface area (Å²) < 4.78 is 10.0. The zero-order valence-corrected chi connectivity index (χ0v) is 14.8. The molecule has 0 unspecified atom stereocenters. The molecule has 25 heavy (non-hydrogen) atoms. The van der Waals surface area contributed by atoms with E-state index in [1.54, 1.807) is 45.2 Å². The fourth-order valence-electron chi connectivity index (χ4n) is 2.05. The average molecular weight is 359 g/mol. The minimum Gasteiger partial charge on any atom is -0.497 e. The Bertz CT molecular complexity index is 856. The number of H-pyrrole nitrogens is 1. The van der Waals surface area contributed by atoms with Crippen LogP contribution in [-0.4, -0.2) is 34.9 Å². The largest absolute Gasteiger partial charge is 0.497 e. The zero-order chi connectivity index (χ0) is 18.4. The number of hydrogen-bond donors (Lipinski definition) is 1. The molecule has 0 fully saturated rings. The molecule has 1 N–H and O–H groups in total. The monoisotopic (exact) mass is 359 g/mol. The zero-order valence-electron chi connectivity index (χ0n) is 14.0. The Balaban J connectivity index is 2.42. The van der Waals surface area contributed by atoms with Crippen molar-refractivity contribution in [1.29, 1.82) is 5.26 Å². The first-order valence-electron chi connectivity index (χ1n) is 7.52. The summed E-state index contributed by atoms with van der Waals surface area (Å²) in [5, 5.41) is 8.98. The number of carbonyl (C=O) groups is 1. The van der Waals surface area contributed by atoms with Crippen molar-refractivity contribution in [2.45, 2.75) is 24.3 Å². The van der Waals surface area contributed by atoms with Gasteiger partial charge in [-0.15, -0.1) is 0 Å². The lowest BCUT2D eigenvalue weighted by Crippen LogP contribution is -2.19. The minimum atomic E-state index is -0.554. The van der Waals surface area contributed by atoms with Crippen molar-refractivity contribution >= 4 is 17.7 Å². The van der Waals surface area contributed by atoms with Crippen molar-refractivity contribution in [3.05, 3.63) is 40.2 Å². The van der Waals surface area contributed by atoms with Gasteiger partial charge in [0.25, 0.3) is 5.56 Å². The predicted octanol–water partition coefficient (Wildman–Crippen LogP) is 2.36. The van der Waals surface area contributed by atoms with E-state index in [4.69, 9.17) is 9.47 Å². The van der Waals surface area contributed by atoms with Crippen molar-refractivity contribution in [3.8, 4) is 23.1 Å². The summed E-state index contributed by atoms with van der Waals surface area (Å²) in [4.78, 5) is 30.8. The Hall–Kier alpha value is -2.79. The van der Waals surface area contributed by atoms with E-state index in [9.17, 15) is 14.9 Å². The number of esters is 1. The predicted molar refractivity (Wildman–Crippen MR) is 93.5 cm³/mol. The molecule has 7 nitrogen and oxygen atoms in total. The molecule has 0 saturated carbocycles. The highest BCUT2D eigenvalue weighted by Crippen LogP contribution is 2.26. The third kappa shape index (κ3) is 4.39. The molecule has 1 aromatic heterocycles. The first-order chi connectivity index (χ1) is 12.0. The molecule has 0 amide bonds. The number of benzene rings is 1. The smallest absolute Gasteiger partial charge is 0.319 e. The van der Waals surface area contributed by atoms with Gasteiger partial charge in [0.2, 0.25) is 0 Å². The minimum absolute atomic E-state index is 0.0849. The lowest BCUT2D eigenvalue weighted by Gasteiger charge is -2.11. The maximum absolute atomic E-state index is 12.2. The Morgan fingerprint density at radius 2 is 2.08 bits per heavy atom. The van der Waals surface area contributed by atoms with Crippen molar-refractivity contribution < 1.29 is 14.3 Å². The van der Waals surface area contributed by atoms with Gasteiger partial charge in [-0.1, -0.05) is 11.8 Å². The molecule has 0 bridgehead atoms. The fourth-order valence-corrected chi connectivity index (χ4v) is 2.84. The summed E-state index contributed by atoms with van der Waals surface area (Å²) in [5.41, 5.74) is 0.224. The van der Waals surface area contributed by atoms with Gasteiger partial charge < -0.3 is 14.5 Å². The third-order valence-corrected chi connectivity index (χ3v) is 4.24. The molecule has 0 aliphatic carbocycles. The highest BCUT2D eigenvalue weighted by Gasteiger charge is 2.19. The van der Waals surface area contributed by atoms with Crippen LogP contribution in [0.1, 0.15) is 19.4 Å². The van der Waals surface area contributed by atoms with E-state index < -0.39 is 16.8 Å². The third-order valence-electron chi connectivity index (χ3n) is 3.28. The van der Waals surface area contributed by atoms with E-state index >= 15 is 0 Å². The Labute approximate surface area is 149 Å². The maximum atomic E-state index is 12.2. The number of nitrogens with zero attached hydrogens (tertiary/aromatic N) is 2. The number of carbonyl (C=O) groups excluding carboxylic acids is 1. The van der Waals surface area contributed by atoms with Gasteiger partial charge >= 0.3 is 5.97 Å². The van der Waals surface area contributed by atoms with Gasteiger partial charge in [0.05, 0.1) is 19.4 Å². The number of rotatable bonds is 6. The number of hydrogen-bond acceptors (Lipinski definition) is 7. The first kappa shape index (κ1) is 18.5. The van der Waals surface area contributed by atoms with Crippen molar-refractivity contribution in [2.75, 3.05) is 13.7 Å². The van der Waals surface area contributed by atoms with Crippen LogP contribution in [-0.2, 0) is 9.53 Å². The van der Waals surface area contributed by atoms with E-state index in [2.05, 4.69) is 9.97 Å². The van der Waals surface area contributed by atoms with Crippen LogP contribution in [0, 0.1) is 11.3 Å². The number of aromatic amines is 1. The normalized spacial score (nSPS) is 11.4. The van der Waals surface area contributed by atoms with Crippen LogP contribution in [0.2, 0.25) is 0 Å². The molecule has 2 rings (SSSR count). The van der Waals surface area contributed by atoms with E-state index in [0.717, 1.165) is 11.8 Å². The van der Waals surface area contributed by atoms with Crippen LogP contribution >= 0.6 is 11.8 Å². The molecular weight excluding hydrogens is 342 g/mol. The van der Waals surface area contributed by atoms with Crippen LogP contribution in [0.5, 0.6) is 5.75 Å². The van der Waals surface area contributed by atoms with Gasteiger partial charge in [-0.05, 0) is 38.1 Å². The molecule has 0 saturated heterocycles. The van der Waals surface area contributed by atoms with Crippen molar-refractivity contribution in [2.24, 2.45) is 0 Å². The molecule has 0 aliphatic heterocycles. The summed E-state index contributed by atoms with van der Waals surface area (Å²) >= 11 is 1.07. The maximum Gasteiger partial charge on any atom is 0.319 e. The lowest BCUT2D eigenvalue weighted by molar-refractivity contribution is -0.142. The highest BCUT2D eigenvalue weighted by molar-refractivity contribution is 8.00. The molecule has 130 valence electrons. The first-order valence-corrected chi connectivity index (χ1v) is 8.40. The second-order valence-corrected chi connectivity index (χ2v) is 6.28. The van der Waals surface area contributed by atoms with Gasteiger partial charge in [0.15, 0.2) is 5.16 Å². The second-order valence-electron chi connectivity index (χ2n) is 4.95. The molecule has 1 atom stereocenters. The quantitative estimate of drug-likeness (QED) is 0.479. The van der Waals surface area contributed by atoms with E-state index in [1.165, 1.54) is 0 Å². The standard InChI is InChI=1S/C17H17N3O4S/c1-4-24-16(22)10(2)25-17-19-14(13(9-18)15(21)20-17)11-5-7-12(23-3)8-6-11/h5-8,10H,4H2,1-3H3,(H,19,20,21)/t10-/m1/s1. The van der Waals surface area contributed by atoms with E-state index in [-0.39, 0.29) is 23.0 Å². The van der Waals surface area contributed by atoms with Gasteiger partial charge in [-0.25, -0.2) is 4.98 Å². The summed E-state index contributed by atoms with van der Waals surface area (Å²) in [7, 11) is 1.55. The van der Waals surface area contributed by atoms with Gasteiger partial charge in [0.1, 0.15) is 22.6 Å². The number of nitriles is 1. The van der Waals surface area contributed by atoms with Gasteiger partial charge in [-0.2, -0.15) is 5.26 Å². The van der Waals surface area contributed by atoms with Gasteiger partial charge in [-0.3, -0.25) is 9.59 Å². The number of aromatic nitrogens is 2. The van der Waals surface area contributed by atoms with E-state index in [1.807, 2.05) is 6.07 Å². The summed E-state index contributed by atoms with van der Waals surface area (Å²) in [5.74, 6) is 0.253. The summed E-state index contributed by atoms with van der Waals surface area (Å²) in [6.07, 6.45) is 0. The molecule has 0 spiro atoms. The van der Waals surface area contributed by atoms with Gasteiger partial charge in [0, 0.05) is 5.56 Å². The molecule has 1 aromatic carbocycles. The van der Waals surface area contributed by atoms with Crippen LogP contribution in [0.4, 0.5) is 0 Å². The van der Waals surface area contributed by atoms with Crippen LogP contribution in [0.25, 0.3) is 11.3 Å². The Morgan fingerprint density at radius 3 is 2.64 bits per heavy atom. The molecule has 0 aliphatic rings. The Kier molecular flexibility index (Phi) is 6.19. The topological polar surface area (TPSA) is 105 Å². The average Bonchev–Trinajstić information content (AvgIpc) is 2.61. The highest BCUT2D eigenvalue weighted by atomic mass is 32.2. The van der Waals surface area contributed by atoms with Crippen molar-refractivity contribution in [3.63, 3.8) is 0 Å². The Morgan fingerprint density at radius 1 is 1.40 bits per heavy atom. The summed E-state index contributed by atoms with van der Waals surface area (Å²) in [6, 6.07) is 8.73. The van der Waals surface area contributed by atoms with Crippen LogP contribution < -0.4 is 10.3 Å².